The lowest BCUT2D eigenvalue weighted by Gasteiger charge is -2.24. The van der Waals surface area contributed by atoms with Crippen LogP contribution >= 0.6 is 0 Å². The highest BCUT2D eigenvalue weighted by molar-refractivity contribution is 5.91. The average molecular weight is 240 g/mol. The van der Waals surface area contributed by atoms with Crippen molar-refractivity contribution in [1.82, 2.24) is 0 Å². The third-order valence-corrected chi connectivity index (χ3v) is 2.26. The first-order valence-electron chi connectivity index (χ1n) is 4.93. The van der Waals surface area contributed by atoms with Crippen molar-refractivity contribution in [3.05, 3.63) is 18.4 Å². The summed E-state index contributed by atoms with van der Waals surface area (Å²) in [5, 5.41) is 0. The highest BCUT2D eigenvalue weighted by Gasteiger charge is 2.57. The molecule has 0 amide bonds. The van der Waals surface area contributed by atoms with Gasteiger partial charge in [0.15, 0.2) is 12.0 Å². The molecule has 6 nitrogen and oxygen atoms in total. The fourth-order valence-corrected chi connectivity index (χ4v) is 1.43. The van der Waals surface area contributed by atoms with Crippen molar-refractivity contribution in [1.29, 1.82) is 0 Å². The number of ether oxygens (including phenoxy) is 3. The van der Waals surface area contributed by atoms with E-state index in [2.05, 4.69) is 11.3 Å². The summed E-state index contributed by atoms with van der Waals surface area (Å²) in [6.07, 6.45) is -0.175. The van der Waals surface area contributed by atoms with Crippen LogP contribution in [0.3, 0.4) is 0 Å². The van der Waals surface area contributed by atoms with E-state index in [1.54, 1.807) is 6.92 Å². The van der Waals surface area contributed by atoms with E-state index >= 15 is 0 Å². The fraction of sp³-hybridized carbons (Fsp3) is 0.455. The molecule has 1 aliphatic heterocycles. The summed E-state index contributed by atoms with van der Waals surface area (Å²) in [5.74, 6) is -0.541. The molecule has 17 heavy (non-hydrogen) atoms. The molecule has 0 bridgehead atoms. The molecule has 2 atom stereocenters. The molecule has 0 aromatic heterocycles. The van der Waals surface area contributed by atoms with E-state index in [0.717, 1.165) is 6.08 Å². The molecular weight excluding hydrogens is 228 g/mol. The van der Waals surface area contributed by atoms with Crippen molar-refractivity contribution in [2.75, 3.05) is 6.61 Å². The van der Waals surface area contributed by atoms with E-state index in [-0.39, 0.29) is 12.4 Å². The monoisotopic (exact) mass is 240 g/mol. The lowest BCUT2D eigenvalue weighted by Crippen LogP contribution is -2.46. The Bertz CT molecular complexity index is 406. The number of cyclic esters (lactones) is 1. The molecular formula is C11H12O6. The molecule has 0 aliphatic carbocycles. The lowest BCUT2D eigenvalue weighted by molar-refractivity contribution is -0.175. The first-order chi connectivity index (χ1) is 7.99. The van der Waals surface area contributed by atoms with Crippen LogP contribution in [0.2, 0.25) is 0 Å². The number of rotatable bonds is 4. The Morgan fingerprint density at radius 2 is 2.35 bits per heavy atom. The Balaban J connectivity index is 3.08. The van der Waals surface area contributed by atoms with Gasteiger partial charge < -0.3 is 14.2 Å². The number of carbonyl (C=O) groups excluding carboxylic acids is 3. The van der Waals surface area contributed by atoms with Crippen molar-refractivity contribution in [2.45, 2.75) is 25.6 Å². The van der Waals surface area contributed by atoms with Crippen LogP contribution in [-0.4, -0.2) is 36.2 Å². The third-order valence-electron chi connectivity index (χ3n) is 2.26. The summed E-state index contributed by atoms with van der Waals surface area (Å²) in [4.78, 5) is 33.3. The number of hydrogen-bond acceptors (Lipinski definition) is 6. The summed E-state index contributed by atoms with van der Waals surface area (Å²) in [7, 11) is 0. The topological polar surface area (TPSA) is 78.9 Å². The lowest BCUT2D eigenvalue weighted by atomic mass is 10.0. The predicted octanol–water partition coefficient (Wildman–Crippen LogP) is 0.152. The summed E-state index contributed by atoms with van der Waals surface area (Å²) < 4.78 is 14.7. The standard InChI is InChI=1S/C11H12O6/c1-4-8(13)17-11(3)9(15-5-2)7(6-12)16-10(11)14/h4,9H,1,5H2,2-3H3. The normalized spacial score (nSPS) is 27.3. The largest absolute Gasteiger partial charge is 0.441 e. The van der Waals surface area contributed by atoms with Crippen molar-refractivity contribution in [2.24, 2.45) is 0 Å². The van der Waals surface area contributed by atoms with Crippen LogP contribution in [0.15, 0.2) is 18.4 Å². The van der Waals surface area contributed by atoms with Gasteiger partial charge in [-0.2, -0.15) is 0 Å². The molecule has 0 radical (unpaired) electrons. The maximum atomic E-state index is 11.6. The van der Waals surface area contributed by atoms with Gasteiger partial charge in [-0.3, -0.25) is 0 Å². The predicted molar refractivity (Wildman–Crippen MR) is 55.4 cm³/mol. The van der Waals surface area contributed by atoms with Gasteiger partial charge in [-0.25, -0.2) is 14.4 Å². The molecule has 1 rings (SSSR count). The van der Waals surface area contributed by atoms with Crippen molar-refractivity contribution in [3.63, 3.8) is 0 Å². The van der Waals surface area contributed by atoms with E-state index < -0.39 is 23.6 Å². The van der Waals surface area contributed by atoms with E-state index in [1.807, 2.05) is 0 Å². The van der Waals surface area contributed by atoms with Crippen LogP contribution in [0.1, 0.15) is 13.8 Å². The molecule has 0 aromatic rings. The zero-order valence-electron chi connectivity index (χ0n) is 9.52. The summed E-state index contributed by atoms with van der Waals surface area (Å²) >= 11 is 0. The number of carbonyl (C=O) groups is 2. The van der Waals surface area contributed by atoms with Crippen LogP contribution < -0.4 is 0 Å². The molecule has 1 fully saturated rings. The Kier molecular flexibility index (Phi) is 3.83. The zero-order valence-corrected chi connectivity index (χ0v) is 9.52. The molecule has 92 valence electrons. The van der Waals surface area contributed by atoms with Gasteiger partial charge in [0.05, 0.1) is 0 Å². The molecule has 1 aliphatic rings. The summed E-state index contributed by atoms with van der Waals surface area (Å²) in [6, 6.07) is 0. The quantitative estimate of drug-likeness (QED) is 0.395. The summed E-state index contributed by atoms with van der Waals surface area (Å²) in [6.45, 7) is 6.41. The van der Waals surface area contributed by atoms with E-state index in [4.69, 9.17) is 9.47 Å². The first-order valence-corrected chi connectivity index (χ1v) is 4.93. The minimum Gasteiger partial charge on any atom is -0.441 e. The van der Waals surface area contributed by atoms with E-state index in [0.29, 0.717) is 0 Å². The smallest absolute Gasteiger partial charge is 0.359 e. The summed E-state index contributed by atoms with van der Waals surface area (Å²) in [5.41, 5.74) is -1.69. The molecule has 0 aromatic carbocycles. The molecule has 1 heterocycles. The molecule has 1 saturated heterocycles. The highest BCUT2D eigenvalue weighted by atomic mass is 16.7. The van der Waals surface area contributed by atoms with Gasteiger partial charge in [0.1, 0.15) is 0 Å². The van der Waals surface area contributed by atoms with Gasteiger partial charge >= 0.3 is 11.9 Å². The third kappa shape index (κ3) is 2.27. The minimum absolute atomic E-state index is 0.216. The van der Waals surface area contributed by atoms with Gasteiger partial charge in [0.25, 0.3) is 0 Å². The Labute approximate surface area is 97.8 Å². The van der Waals surface area contributed by atoms with Crippen LogP contribution in [0.25, 0.3) is 0 Å². The van der Waals surface area contributed by atoms with Crippen molar-refractivity contribution < 1.29 is 28.6 Å². The molecule has 0 spiro atoms. The van der Waals surface area contributed by atoms with Crippen LogP contribution in [-0.2, 0) is 28.6 Å². The second-order valence-electron chi connectivity index (χ2n) is 3.42. The molecule has 6 heteroatoms. The second kappa shape index (κ2) is 4.95. The zero-order chi connectivity index (χ0) is 13.1. The van der Waals surface area contributed by atoms with Crippen molar-refractivity contribution >= 4 is 17.9 Å². The molecule has 2 unspecified atom stereocenters. The SMILES string of the molecule is C=CC(=O)OC1(C)C(=O)OC(=C=O)C1OCC. The van der Waals surface area contributed by atoms with E-state index in [9.17, 15) is 14.4 Å². The van der Waals surface area contributed by atoms with Gasteiger partial charge in [0, 0.05) is 12.7 Å². The van der Waals surface area contributed by atoms with E-state index in [1.165, 1.54) is 12.9 Å². The van der Waals surface area contributed by atoms with Crippen LogP contribution in [0.5, 0.6) is 0 Å². The second-order valence-corrected chi connectivity index (χ2v) is 3.42. The van der Waals surface area contributed by atoms with Gasteiger partial charge in [0.2, 0.25) is 11.4 Å². The molecule has 0 saturated carbocycles. The van der Waals surface area contributed by atoms with Crippen LogP contribution in [0.4, 0.5) is 0 Å². The minimum atomic E-state index is -1.69. The van der Waals surface area contributed by atoms with Gasteiger partial charge in [-0.05, 0) is 13.8 Å². The highest BCUT2D eigenvalue weighted by Crippen LogP contribution is 2.33. The average Bonchev–Trinajstić information content (AvgIpc) is 2.54. The first kappa shape index (κ1) is 13.2. The molecule has 0 N–H and O–H groups in total. The van der Waals surface area contributed by atoms with Crippen molar-refractivity contribution in [3.8, 4) is 0 Å². The van der Waals surface area contributed by atoms with Gasteiger partial charge in [-0.15, -0.1) is 0 Å². The van der Waals surface area contributed by atoms with Gasteiger partial charge in [-0.1, -0.05) is 6.58 Å². The van der Waals surface area contributed by atoms with Crippen LogP contribution in [0, 0.1) is 0 Å². The Hall–Kier alpha value is -1.91. The fourth-order valence-electron chi connectivity index (χ4n) is 1.43. The number of hydrogen-bond donors (Lipinski definition) is 0. The maximum absolute atomic E-state index is 11.6. The number of esters is 2. The Morgan fingerprint density at radius 3 is 2.82 bits per heavy atom. The Morgan fingerprint density at radius 1 is 1.71 bits per heavy atom. The maximum Gasteiger partial charge on any atom is 0.359 e.